The fourth-order valence-corrected chi connectivity index (χ4v) is 4.09. The lowest BCUT2D eigenvalue weighted by atomic mass is 10.1. The highest BCUT2D eigenvalue weighted by molar-refractivity contribution is 7.99. The number of benzene rings is 2. The van der Waals surface area contributed by atoms with E-state index in [-0.39, 0.29) is 29.5 Å². The Bertz CT molecular complexity index is 1280. The first-order valence-electron chi connectivity index (χ1n) is 12.3. The molecule has 0 aliphatic carbocycles. The number of anilines is 5. The molecule has 0 saturated heterocycles. The average molecular weight is 576 g/mol. The van der Waals surface area contributed by atoms with Crippen molar-refractivity contribution in [3.63, 3.8) is 0 Å². The minimum atomic E-state index is -0.634. The molecule has 0 aliphatic rings. The third-order valence-corrected chi connectivity index (χ3v) is 6.75. The number of halogens is 2. The molecule has 3 rings (SSSR count). The first kappa shape index (κ1) is 29.9. The molecule has 2 amide bonds. The zero-order valence-electron chi connectivity index (χ0n) is 21.6. The van der Waals surface area contributed by atoms with E-state index in [2.05, 4.69) is 25.9 Å². The van der Waals surface area contributed by atoms with Gasteiger partial charge in [-0.1, -0.05) is 48.5 Å². The zero-order valence-corrected chi connectivity index (χ0v) is 23.2. The van der Waals surface area contributed by atoms with Crippen molar-refractivity contribution in [3.8, 4) is 0 Å². The lowest BCUT2D eigenvalue weighted by Gasteiger charge is -2.20. The van der Waals surface area contributed by atoms with E-state index in [9.17, 15) is 14.0 Å². The van der Waals surface area contributed by atoms with E-state index in [1.54, 1.807) is 17.4 Å². The number of rotatable bonds is 14. The molecule has 0 radical (unpaired) electrons. The van der Waals surface area contributed by atoms with Crippen LogP contribution in [0.1, 0.15) is 42.5 Å². The molecular formula is C26H31ClFN7O3S. The first-order valence-corrected chi connectivity index (χ1v) is 13.8. The molecule has 10 nitrogen and oxygen atoms in total. The quantitative estimate of drug-likeness (QED) is 0.0715. The van der Waals surface area contributed by atoms with Gasteiger partial charge in [0.25, 0.3) is 5.91 Å². The SMILES string of the molecule is CSN(C)c1ccccc1Nc1nc(Nc2ccc(C(=O)NCCCCCCC(=O)NO)cc2F)ncc1Cl. The van der Waals surface area contributed by atoms with Crippen LogP contribution in [0.2, 0.25) is 5.02 Å². The van der Waals surface area contributed by atoms with Gasteiger partial charge in [-0.2, -0.15) is 4.98 Å². The second-order valence-electron chi connectivity index (χ2n) is 8.49. The van der Waals surface area contributed by atoms with Gasteiger partial charge in [0.15, 0.2) is 5.82 Å². The minimum absolute atomic E-state index is 0.106. The monoisotopic (exact) mass is 575 g/mol. The lowest BCUT2D eigenvalue weighted by molar-refractivity contribution is -0.129. The van der Waals surface area contributed by atoms with Crippen molar-refractivity contribution in [2.45, 2.75) is 32.1 Å². The van der Waals surface area contributed by atoms with E-state index in [4.69, 9.17) is 16.8 Å². The van der Waals surface area contributed by atoms with Crippen molar-refractivity contribution in [3.05, 3.63) is 65.1 Å². The van der Waals surface area contributed by atoms with E-state index < -0.39 is 11.7 Å². The fraction of sp³-hybridized carbons (Fsp3) is 0.308. The Balaban J connectivity index is 1.58. The Hall–Kier alpha value is -3.61. The number of carbonyl (C=O) groups is 2. The van der Waals surface area contributed by atoms with Crippen LogP contribution >= 0.6 is 23.5 Å². The number of aromatic nitrogens is 2. The summed E-state index contributed by atoms with van der Waals surface area (Å²) >= 11 is 7.87. The second kappa shape index (κ2) is 15.1. The number of hydrogen-bond acceptors (Lipinski definition) is 9. The van der Waals surface area contributed by atoms with Crippen molar-refractivity contribution in [2.75, 3.05) is 34.8 Å². The third-order valence-electron chi connectivity index (χ3n) is 5.73. The third kappa shape index (κ3) is 8.98. The maximum Gasteiger partial charge on any atom is 0.251 e. The summed E-state index contributed by atoms with van der Waals surface area (Å²) in [6, 6.07) is 11.8. The van der Waals surface area contributed by atoms with E-state index >= 15 is 0 Å². The van der Waals surface area contributed by atoms with Gasteiger partial charge in [0.2, 0.25) is 11.9 Å². The molecule has 0 aliphatic heterocycles. The van der Waals surface area contributed by atoms with Crippen LogP contribution < -0.4 is 25.7 Å². The molecule has 0 unspecified atom stereocenters. The Labute approximate surface area is 235 Å². The van der Waals surface area contributed by atoms with Crippen LogP contribution in [0.5, 0.6) is 0 Å². The normalized spacial score (nSPS) is 10.6. The number of nitrogens with one attached hydrogen (secondary N) is 4. The van der Waals surface area contributed by atoms with Crippen molar-refractivity contribution in [1.29, 1.82) is 0 Å². The van der Waals surface area contributed by atoms with Gasteiger partial charge in [0, 0.05) is 31.8 Å². The highest BCUT2D eigenvalue weighted by Crippen LogP contribution is 2.32. The minimum Gasteiger partial charge on any atom is -0.352 e. The van der Waals surface area contributed by atoms with Gasteiger partial charge in [-0.05, 0) is 43.2 Å². The van der Waals surface area contributed by atoms with Crippen LogP contribution in [0.25, 0.3) is 0 Å². The predicted molar refractivity (Wildman–Crippen MR) is 154 cm³/mol. The van der Waals surface area contributed by atoms with Crippen LogP contribution in [0.3, 0.4) is 0 Å². The van der Waals surface area contributed by atoms with Crippen molar-refractivity contribution >= 4 is 64.2 Å². The molecule has 0 atom stereocenters. The molecule has 5 N–H and O–H groups in total. The summed E-state index contributed by atoms with van der Waals surface area (Å²) in [4.78, 5) is 31.9. The van der Waals surface area contributed by atoms with E-state index in [1.807, 2.05) is 41.9 Å². The summed E-state index contributed by atoms with van der Waals surface area (Å²) in [6.45, 7) is 0.427. The smallest absolute Gasteiger partial charge is 0.251 e. The Morgan fingerprint density at radius 2 is 1.85 bits per heavy atom. The molecule has 0 saturated carbocycles. The highest BCUT2D eigenvalue weighted by atomic mass is 35.5. The molecule has 0 fully saturated rings. The van der Waals surface area contributed by atoms with Gasteiger partial charge in [-0.15, -0.1) is 0 Å². The average Bonchev–Trinajstić information content (AvgIpc) is 2.94. The summed E-state index contributed by atoms with van der Waals surface area (Å²) in [6.07, 6.45) is 6.62. The second-order valence-corrected chi connectivity index (χ2v) is 9.81. The molecule has 2 aromatic carbocycles. The Morgan fingerprint density at radius 3 is 2.59 bits per heavy atom. The van der Waals surface area contributed by atoms with Gasteiger partial charge < -0.3 is 20.3 Å². The number of hydrogen-bond donors (Lipinski definition) is 5. The van der Waals surface area contributed by atoms with Crippen LogP contribution in [-0.4, -0.2) is 46.8 Å². The van der Waals surface area contributed by atoms with Crippen molar-refractivity contribution in [2.24, 2.45) is 0 Å². The molecule has 0 bridgehead atoms. The maximum atomic E-state index is 14.8. The number of unbranched alkanes of at least 4 members (excludes halogenated alkanes) is 3. The lowest BCUT2D eigenvalue weighted by Crippen LogP contribution is -2.24. The number of amides is 2. The maximum absolute atomic E-state index is 14.8. The van der Waals surface area contributed by atoms with Crippen LogP contribution in [0.4, 0.5) is 33.2 Å². The Kier molecular flexibility index (Phi) is 11.6. The first-order chi connectivity index (χ1) is 18.8. The molecule has 1 heterocycles. The van der Waals surface area contributed by atoms with E-state index in [0.29, 0.717) is 23.8 Å². The number of hydroxylamine groups is 1. The van der Waals surface area contributed by atoms with Gasteiger partial charge in [0.1, 0.15) is 10.8 Å². The van der Waals surface area contributed by atoms with Crippen LogP contribution in [0, 0.1) is 5.82 Å². The largest absolute Gasteiger partial charge is 0.352 e. The standard InChI is InChI=1S/C26H31ClFN7O3S/c1-35(39-2)22-10-7-6-9-21(22)31-24-18(27)16-30-26(33-24)32-20-13-12-17(15-19(20)28)25(37)29-14-8-4-3-5-11-23(36)34-38/h6-7,9-10,12-13,15-16,38H,3-5,8,11,14H2,1-2H3,(H,29,37)(H,34,36)(H2,30,31,32,33). The van der Waals surface area contributed by atoms with Crippen LogP contribution in [0.15, 0.2) is 48.7 Å². The Morgan fingerprint density at radius 1 is 1.08 bits per heavy atom. The number of nitrogens with zero attached hydrogens (tertiary/aromatic N) is 3. The molecule has 208 valence electrons. The summed E-state index contributed by atoms with van der Waals surface area (Å²) in [5.41, 5.74) is 3.61. The highest BCUT2D eigenvalue weighted by Gasteiger charge is 2.14. The molecule has 39 heavy (non-hydrogen) atoms. The molecule has 13 heteroatoms. The van der Waals surface area contributed by atoms with Crippen molar-refractivity contribution < 1.29 is 19.2 Å². The molecule has 3 aromatic rings. The number of para-hydroxylation sites is 2. The summed E-state index contributed by atoms with van der Waals surface area (Å²) in [7, 11) is 1.94. The van der Waals surface area contributed by atoms with Gasteiger partial charge >= 0.3 is 0 Å². The van der Waals surface area contributed by atoms with Gasteiger partial charge in [0.05, 0.1) is 23.3 Å². The molecule has 0 spiro atoms. The van der Waals surface area contributed by atoms with E-state index in [0.717, 1.165) is 36.7 Å². The molecule has 1 aromatic heterocycles. The zero-order chi connectivity index (χ0) is 28.2. The summed E-state index contributed by atoms with van der Waals surface area (Å²) in [5, 5.41) is 17.6. The summed E-state index contributed by atoms with van der Waals surface area (Å²) < 4.78 is 16.8. The number of carbonyl (C=O) groups excluding carboxylic acids is 2. The molecular weight excluding hydrogens is 545 g/mol. The predicted octanol–water partition coefficient (Wildman–Crippen LogP) is 5.66. The topological polar surface area (TPSA) is 132 Å². The van der Waals surface area contributed by atoms with Crippen molar-refractivity contribution in [1.82, 2.24) is 20.8 Å². The van der Waals surface area contributed by atoms with Gasteiger partial charge in [-0.3, -0.25) is 14.8 Å². The van der Waals surface area contributed by atoms with E-state index in [1.165, 1.54) is 18.3 Å². The van der Waals surface area contributed by atoms with Gasteiger partial charge in [-0.25, -0.2) is 14.9 Å². The fourth-order valence-electron chi connectivity index (χ4n) is 3.60. The summed E-state index contributed by atoms with van der Waals surface area (Å²) in [5.74, 6) is -0.953. The van der Waals surface area contributed by atoms with Crippen LogP contribution in [-0.2, 0) is 4.79 Å².